The SMILES string of the molecule is [CH2]CCCCCCn1cc(-c2cccnc2)nn1. The summed E-state index contributed by atoms with van der Waals surface area (Å²) in [4.78, 5) is 4.08. The molecule has 0 unspecified atom stereocenters. The zero-order valence-corrected chi connectivity index (χ0v) is 10.6. The first-order chi connectivity index (χ1) is 8.90. The van der Waals surface area contributed by atoms with Gasteiger partial charge in [-0.05, 0) is 18.6 Å². The number of aryl methyl sites for hydroxylation is 1. The molecule has 0 aromatic carbocycles. The maximum atomic E-state index is 4.16. The van der Waals surface area contributed by atoms with Crippen molar-refractivity contribution in [3.63, 3.8) is 0 Å². The van der Waals surface area contributed by atoms with Crippen LogP contribution in [0.2, 0.25) is 0 Å². The Morgan fingerprint density at radius 3 is 2.83 bits per heavy atom. The molecule has 0 amide bonds. The van der Waals surface area contributed by atoms with Crippen LogP contribution in [0.15, 0.2) is 30.7 Å². The van der Waals surface area contributed by atoms with E-state index in [0.717, 1.165) is 30.6 Å². The molecule has 18 heavy (non-hydrogen) atoms. The van der Waals surface area contributed by atoms with Crippen molar-refractivity contribution in [2.75, 3.05) is 0 Å². The van der Waals surface area contributed by atoms with E-state index in [-0.39, 0.29) is 0 Å². The zero-order valence-electron chi connectivity index (χ0n) is 10.6. The Balaban J connectivity index is 1.83. The second kappa shape index (κ2) is 6.89. The first kappa shape index (κ1) is 12.7. The highest BCUT2D eigenvalue weighted by Crippen LogP contribution is 2.14. The molecule has 0 spiro atoms. The average Bonchev–Trinajstić information content (AvgIpc) is 2.88. The average molecular weight is 243 g/mol. The van der Waals surface area contributed by atoms with Gasteiger partial charge in [0.05, 0.1) is 6.20 Å². The predicted octanol–water partition coefficient (Wildman–Crippen LogP) is 3.12. The number of nitrogens with zero attached hydrogens (tertiary/aromatic N) is 4. The molecule has 0 atom stereocenters. The third-order valence-electron chi connectivity index (χ3n) is 2.88. The van der Waals surface area contributed by atoms with Gasteiger partial charge in [-0.2, -0.15) is 0 Å². The van der Waals surface area contributed by atoms with Crippen molar-refractivity contribution < 1.29 is 0 Å². The lowest BCUT2D eigenvalue weighted by molar-refractivity contribution is 0.523. The van der Waals surface area contributed by atoms with E-state index in [1.165, 1.54) is 19.3 Å². The second-order valence-corrected chi connectivity index (χ2v) is 4.38. The molecule has 95 valence electrons. The van der Waals surface area contributed by atoms with Gasteiger partial charge in [0.25, 0.3) is 0 Å². The van der Waals surface area contributed by atoms with Crippen LogP contribution in [0.4, 0.5) is 0 Å². The molecule has 2 aromatic heterocycles. The van der Waals surface area contributed by atoms with Gasteiger partial charge in [-0.15, -0.1) is 5.10 Å². The van der Waals surface area contributed by atoms with Crippen molar-refractivity contribution in [2.45, 2.75) is 38.6 Å². The van der Waals surface area contributed by atoms with Gasteiger partial charge in [-0.3, -0.25) is 9.67 Å². The summed E-state index contributed by atoms with van der Waals surface area (Å²) in [6.07, 6.45) is 11.4. The van der Waals surface area contributed by atoms with E-state index in [2.05, 4.69) is 22.2 Å². The number of aromatic nitrogens is 4. The van der Waals surface area contributed by atoms with Crippen molar-refractivity contribution in [2.24, 2.45) is 0 Å². The van der Waals surface area contributed by atoms with Crippen LogP contribution in [0.5, 0.6) is 0 Å². The molecule has 0 saturated heterocycles. The first-order valence-corrected chi connectivity index (χ1v) is 6.50. The van der Waals surface area contributed by atoms with Crippen LogP contribution in [0.25, 0.3) is 11.3 Å². The molecule has 2 rings (SSSR count). The number of hydrogen-bond acceptors (Lipinski definition) is 3. The molecule has 0 aliphatic carbocycles. The Kier molecular flexibility index (Phi) is 4.88. The maximum absolute atomic E-state index is 4.16. The smallest absolute Gasteiger partial charge is 0.114 e. The molecule has 0 saturated carbocycles. The van der Waals surface area contributed by atoms with Gasteiger partial charge in [0.1, 0.15) is 5.69 Å². The first-order valence-electron chi connectivity index (χ1n) is 6.50. The normalized spacial score (nSPS) is 10.7. The molecule has 0 aliphatic rings. The highest BCUT2D eigenvalue weighted by atomic mass is 15.4. The van der Waals surface area contributed by atoms with Crippen LogP contribution in [-0.2, 0) is 6.54 Å². The van der Waals surface area contributed by atoms with Crippen LogP contribution in [-0.4, -0.2) is 20.0 Å². The van der Waals surface area contributed by atoms with Crippen molar-refractivity contribution in [3.05, 3.63) is 37.6 Å². The number of unbranched alkanes of at least 4 members (excludes halogenated alkanes) is 4. The van der Waals surface area contributed by atoms with Gasteiger partial charge in [-0.1, -0.05) is 37.8 Å². The molecule has 0 aliphatic heterocycles. The van der Waals surface area contributed by atoms with Gasteiger partial charge >= 0.3 is 0 Å². The Morgan fingerprint density at radius 1 is 1.17 bits per heavy atom. The molecule has 0 bridgehead atoms. The molecular weight excluding hydrogens is 224 g/mol. The topological polar surface area (TPSA) is 43.6 Å². The maximum Gasteiger partial charge on any atom is 0.114 e. The van der Waals surface area contributed by atoms with E-state index in [4.69, 9.17) is 0 Å². The minimum absolute atomic E-state index is 0.890. The molecule has 0 fully saturated rings. The quantitative estimate of drug-likeness (QED) is 0.702. The van der Waals surface area contributed by atoms with Gasteiger partial charge in [0.2, 0.25) is 0 Å². The summed E-state index contributed by atoms with van der Waals surface area (Å²) in [6.45, 7) is 4.78. The minimum Gasteiger partial charge on any atom is -0.264 e. The van der Waals surface area contributed by atoms with Crippen LogP contribution in [0.3, 0.4) is 0 Å². The predicted molar refractivity (Wildman–Crippen MR) is 71.7 cm³/mol. The van der Waals surface area contributed by atoms with E-state index in [9.17, 15) is 0 Å². The van der Waals surface area contributed by atoms with Crippen LogP contribution in [0, 0.1) is 6.92 Å². The van der Waals surface area contributed by atoms with Crippen molar-refractivity contribution >= 4 is 0 Å². The molecule has 2 aromatic rings. The third-order valence-corrected chi connectivity index (χ3v) is 2.88. The van der Waals surface area contributed by atoms with E-state index < -0.39 is 0 Å². The van der Waals surface area contributed by atoms with Crippen LogP contribution in [0.1, 0.15) is 32.1 Å². The highest BCUT2D eigenvalue weighted by Gasteiger charge is 2.03. The fourth-order valence-corrected chi connectivity index (χ4v) is 1.86. The summed E-state index contributed by atoms with van der Waals surface area (Å²) in [6, 6.07) is 3.91. The van der Waals surface area contributed by atoms with Crippen LogP contribution >= 0.6 is 0 Å². The summed E-state index contributed by atoms with van der Waals surface area (Å²) in [5.41, 5.74) is 1.90. The van der Waals surface area contributed by atoms with Crippen LogP contribution < -0.4 is 0 Å². The highest BCUT2D eigenvalue weighted by molar-refractivity contribution is 5.55. The summed E-state index contributed by atoms with van der Waals surface area (Å²) in [5, 5.41) is 8.30. The van der Waals surface area contributed by atoms with Gasteiger partial charge in [-0.25, -0.2) is 0 Å². The van der Waals surface area contributed by atoms with Crippen molar-refractivity contribution in [1.82, 2.24) is 20.0 Å². The van der Waals surface area contributed by atoms with Gasteiger partial charge in [0.15, 0.2) is 0 Å². The largest absolute Gasteiger partial charge is 0.264 e. The molecule has 0 N–H and O–H groups in total. The van der Waals surface area contributed by atoms with E-state index in [1.54, 1.807) is 6.20 Å². The molecular formula is C14H19N4. The van der Waals surface area contributed by atoms with Crippen molar-refractivity contribution in [3.8, 4) is 11.3 Å². The Bertz CT molecular complexity index is 450. The Hall–Kier alpha value is -1.71. The minimum atomic E-state index is 0.890. The Morgan fingerprint density at radius 2 is 2.06 bits per heavy atom. The summed E-state index contributed by atoms with van der Waals surface area (Å²) in [7, 11) is 0. The molecule has 1 radical (unpaired) electrons. The van der Waals surface area contributed by atoms with E-state index in [1.807, 2.05) is 29.2 Å². The summed E-state index contributed by atoms with van der Waals surface area (Å²) >= 11 is 0. The molecule has 2 heterocycles. The fourth-order valence-electron chi connectivity index (χ4n) is 1.86. The monoisotopic (exact) mass is 243 g/mol. The van der Waals surface area contributed by atoms with Gasteiger partial charge < -0.3 is 0 Å². The van der Waals surface area contributed by atoms with E-state index >= 15 is 0 Å². The number of rotatable bonds is 7. The van der Waals surface area contributed by atoms with E-state index in [0.29, 0.717) is 0 Å². The molecule has 4 nitrogen and oxygen atoms in total. The number of pyridine rings is 1. The third kappa shape index (κ3) is 3.65. The zero-order chi connectivity index (χ0) is 12.6. The lowest BCUT2D eigenvalue weighted by Crippen LogP contribution is -1.98. The summed E-state index contributed by atoms with van der Waals surface area (Å²) in [5.74, 6) is 0. The lowest BCUT2D eigenvalue weighted by atomic mass is 10.1. The second-order valence-electron chi connectivity index (χ2n) is 4.38. The van der Waals surface area contributed by atoms with Gasteiger partial charge in [0, 0.05) is 24.5 Å². The van der Waals surface area contributed by atoms with Crippen molar-refractivity contribution in [1.29, 1.82) is 0 Å². The standard InChI is InChI=1S/C14H19N4/c1-2-3-4-5-6-10-18-12-14(16-17-18)13-8-7-9-15-11-13/h7-9,11-12H,1-6,10H2. The fraction of sp³-hybridized carbons (Fsp3) is 0.429. The number of hydrogen-bond donors (Lipinski definition) is 0. The lowest BCUT2D eigenvalue weighted by Gasteiger charge is -1.99. The Labute approximate surface area is 108 Å². The molecule has 4 heteroatoms. The summed E-state index contributed by atoms with van der Waals surface area (Å²) < 4.78 is 1.91.